The van der Waals surface area contributed by atoms with Crippen molar-refractivity contribution in [3.63, 3.8) is 0 Å². The zero-order chi connectivity index (χ0) is 23.5. The molecule has 3 rings (SSSR count). The van der Waals surface area contributed by atoms with Crippen molar-refractivity contribution < 1.29 is 23.8 Å². The smallest absolute Gasteiger partial charge is 0.336 e. The van der Waals surface area contributed by atoms with Crippen molar-refractivity contribution in [3.05, 3.63) is 76.4 Å². The Labute approximate surface area is 187 Å². The second kappa shape index (κ2) is 9.47. The number of phenols is 1. The minimum atomic E-state index is -0.478. The molecule has 32 heavy (non-hydrogen) atoms. The molecule has 1 aliphatic carbocycles. The van der Waals surface area contributed by atoms with E-state index >= 15 is 0 Å². The standard InChI is InChI=1S/C26H30O6/c1-16-12-20(30-5)9-6-17(16)7-10-25(29)32-23(26(2,3)4)14-19-13-18-8-11-24(28)31-22(18)15-21(19)27/h6-13,15-17,23,27H,14H2,1-5H3/b10-7+. The van der Waals surface area contributed by atoms with Gasteiger partial charge < -0.3 is 19.0 Å². The van der Waals surface area contributed by atoms with Gasteiger partial charge in [-0.25, -0.2) is 9.59 Å². The number of carbonyl (C=O) groups is 1. The molecule has 0 spiro atoms. The van der Waals surface area contributed by atoms with E-state index in [1.807, 2.05) is 45.1 Å². The molecule has 0 aliphatic heterocycles. The van der Waals surface area contributed by atoms with Crippen molar-refractivity contribution in [2.45, 2.75) is 40.2 Å². The summed E-state index contributed by atoms with van der Waals surface area (Å²) in [6.45, 7) is 8.00. The fourth-order valence-corrected chi connectivity index (χ4v) is 3.59. The first kappa shape index (κ1) is 23.4. The first-order valence-corrected chi connectivity index (χ1v) is 10.7. The van der Waals surface area contributed by atoms with E-state index in [1.54, 1.807) is 19.2 Å². The van der Waals surface area contributed by atoms with Gasteiger partial charge in [0.1, 0.15) is 23.2 Å². The van der Waals surface area contributed by atoms with Crippen molar-refractivity contribution in [2.24, 2.45) is 17.3 Å². The summed E-state index contributed by atoms with van der Waals surface area (Å²) in [6, 6.07) is 6.16. The molecule has 1 aromatic heterocycles. The maximum absolute atomic E-state index is 12.6. The average Bonchev–Trinajstić information content (AvgIpc) is 2.72. The molecular weight excluding hydrogens is 408 g/mol. The molecule has 2 aromatic rings. The van der Waals surface area contributed by atoms with Crippen LogP contribution in [-0.2, 0) is 20.7 Å². The van der Waals surface area contributed by atoms with E-state index in [9.17, 15) is 14.7 Å². The molecule has 0 radical (unpaired) electrons. The number of esters is 1. The number of fused-ring (bicyclic) bond motifs is 1. The zero-order valence-electron chi connectivity index (χ0n) is 19.1. The molecule has 170 valence electrons. The van der Waals surface area contributed by atoms with Gasteiger partial charge in [0.25, 0.3) is 0 Å². The largest absolute Gasteiger partial charge is 0.508 e. The number of hydrogen-bond acceptors (Lipinski definition) is 6. The van der Waals surface area contributed by atoms with E-state index in [0.717, 1.165) is 5.76 Å². The molecule has 0 saturated heterocycles. The lowest BCUT2D eigenvalue weighted by Gasteiger charge is -2.30. The number of carbonyl (C=O) groups excluding carboxylic acids is 1. The van der Waals surface area contributed by atoms with Crippen LogP contribution in [0.5, 0.6) is 5.75 Å². The number of hydrogen-bond donors (Lipinski definition) is 1. The molecule has 0 fully saturated rings. The Kier molecular flexibility index (Phi) is 6.92. The third-order valence-electron chi connectivity index (χ3n) is 5.66. The van der Waals surface area contributed by atoms with Gasteiger partial charge in [0.05, 0.1) is 7.11 Å². The molecule has 1 N–H and O–H groups in total. The highest BCUT2D eigenvalue weighted by atomic mass is 16.5. The highest BCUT2D eigenvalue weighted by Gasteiger charge is 2.29. The van der Waals surface area contributed by atoms with E-state index in [2.05, 4.69) is 6.92 Å². The SMILES string of the molecule is COC1=CC(C)C(/C=C/C(=O)OC(Cc2cc3ccc(=O)oc3cc2O)C(C)(C)C)C=C1. The van der Waals surface area contributed by atoms with E-state index in [1.165, 1.54) is 18.2 Å². The summed E-state index contributed by atoms with van der Waals surface area (Å²) < 4.78 is 16.2. The van der Waals surface area contributed by atoms with Crippen molar-refractivity contribution >= 4 is 16.9 Å². The Morgan fingerprint density at radius 1 is 1.28 bits per heavy atom. The molecule has 0 amide bonds. The van der Waals surface area contributed by atoms with Gasteiger partial charge in [0.2, 0.25) is 0 Å². The summed E-state index contributed by atoms with van der Waals surface area (Å²) in [5.41, 5.74) is 0.0897. The summed E-state index contributed by atoms with van der Waals surface area (Å²) in [7, 11) is 1.63. The first-order chi connectivity index (χ1) is 15.1. The van der Waals surface area contributed by atoms with Crippen LogP contribution in [0.4, 0.5) is 0 Å². The summed E-state index contributed by atoms with van der Waals surface area (Å²) in [5.74, 6) is 0.653. The van der Waals surface area contributed by atoms with Crippen LogP contribution in [0.15, 0.2) is 69.6 Å². The van der Waals surface area contributed by atoms with Crippen molar-refractivity contribution in [1.29, 1.82) is 0 Å². The Hall–Kier alpha value is -3.28. The van der Waals surface area contributed by atoms with E-state index < -0.39 is 17.7 Å². The number of aromatic hydroxyl groups is 1. The van der Waals surface area contributed by atoms with Crippen LogP contribution >= 0.6 is 0 Å². The third-order valence-corrected chi connectivity index (χ3v) is 5.66. The van der Waals surface area contributed by atoms with Crippen LogP contribution in [0.1, 0.15) is 33.3 Å². The number of benzene rings is 1. The molecule has 6 heteroatoms. The summed E-state index contributed by atoms with van der Waals surface area (Å²) in [4.78, 5) is 24.0. The number of phenolic OH excluding ortho intramolecular Hbond substituents is 1. The van der Waals surface area contributed by atoms with Crippen LogP contribution in [0.25, 0.3) is 11.0 Å². The molecule has 1 heterocycles. The van der Waals surface area contributed by atoms with Crippen molar-refractivity contribution in [1.82, 2.24) is 0 Å². The quantitative estimate of drug-likeness (QED) is 0.392. The molecule has 0 saturated carbocycles. The lowest BCUT2D eigenvalue weighted by molar-refractivity contribution is -0.148. The van der Waals surface area contributed by atoms with Gasteiger partial charge in [-0.05, 0) is 41.2 Å². The lowest BCUT2D eigenvalue weighted by Crippen LogP contribution is -2.33. The van der Waals surface area contributed by atoms with Gasteiger partial charge in [-0.3, -0.25) is 0 Å². The fraction of sp³-hybridized carbons (Fsp3) is 0.385. The fourth-order valence-electron chi connectivity index (χ4n) is 3.59. The van der Waals surface area contributed by atoms with Gasteiger partial charge in [0.15, 0.2) is 0 Å². The van der Waals surface area contributed by atoms with Gasteiger partial charge in [-0.15, -0.1) is 0 Å². The van der Waals surface area contributed by atoms with Crippen LogP contribution in [0, 0.1) is 17.3 Å². The van der Waals surface area contributed by atoms with E-state index in [4.69, 9.17) is 13.9 Å². The number of ether oxygens (including phenoxy) is 2. The van der Waals surface area contributed by atoms with Crippen molar-refractivity contribution in [2.75, 3.05) is 7.11 Å². The van der Waals surface area contributed by atoms with Crippen LogP contribution in [0.3, 0.4) is 0 Å². The normalized spacial score (nSPS) is 19.7. The molecule has 3 atom stereocenters. The zero-order valence-corrected chi connectivity index (χ0v) is 19.1. The van der Waals surface area contributed by atoms with Crippen LogP contribution in [-0.4, -0.2) is 24.3 Å². The monoisotopic (exact) mass is 438 g/mol. The van der Waals surface area contributed by atoms with E-state index in [-0.39, 0.29) is 23.0 Å². The average molecular weight is 439 g/mol. The second-order valence-electron chi connectivity index (χ2n) is 9.20. The Morgan fingerprint density at radius 3 is 2.69 bits per heavy atom. The minimum absolute atomic E-state index is 0.00501. The predicted molar refractivity (Wildman–Crippen MR) is 123 cm³/mol. The summed E-state index contributed by atoms with van der Waals surface area (Å²) in [6.07, 6.45) is 9.06. The third kappa shape index (κ3) is 5.69. The predicted octanol–water partition coefficient (Wildman–Crippen LogP) is 4.91. The highest BCUT2D eigenvalue weighted by molar-refractivity contribution is 5.82. The lowest BCUT2D eigenvalue weighted by atomic mass is 9.84. The van der Waals surface area contributed by atoms with Gasteiger partial charge in [0, 0.05) is 35.9 Å². The minimum Gasteiger partial charge on any atom is -0.508 e. The van der Waals surface area contributed by atoms with Crippen LogP contribution < -0.4 is 5.63 Å². The molecular formula is C26H30O6. The first-order valence-electron chi connectivity index (χ1n) is 10.7. The van der Waals surface area contributed by atoms with Gasteiger partial charge in [-0.1, -0.05) is 39.8 Å². The molecule has 6 nitrogen and oxygen atoms in total. The highest BCUT2D eigenvalue weighted by Crippen LogP contribution is 2.31. The maximum atomic E-state index is 12.6. The molecule has 0 bridgehead atoms. The number of rotatable bonds is 6. The molecule has 1 aliphatic rings. The Balaban J connectivity index is 1.74. The summed E-state index contributed by atoms with van der Waals surface area (Å²) in [5, 5.41) is 11.1. The molecule has 1 aromatic carbocycles. The Bertz CT molecular complexity index is 1130. The van der Waals surface area contributed by atoms with Crippen molar-refractivity contribution in [3.8, 4) is 5.75 Å². The van der Waals surface area contributed by atoms with E-state index in [0.29, 0.717) is 23.0 Å². The topological polar surface area (TPSA) is 86.0 Å². The number of allylic oxidation sites excluding steroid dienone is 4. The molecule has 3 unspecified atom stereocenters. The van der Waals surface area contributed by atoms with Gasteiger partial charge in [-0.2, -0.15) is 0 Å². The maximum Gasteiger partial charge on any atom is 0.336 e. The Morgan fingerprint density at radius 2 is 2.03 bits per heavy atom. The van der Waals surface area contributed by atoms with Crippen LogP contribution in [0.2, 0.25) is 0 Å². The summed E-state index contributed by atoms with van der Waals surface area (Å²) >= 11 is 0. The number of methoxy groups -OCH3 is 1. The van der Waals surface area contributed by atoms with Gasteiger partial charge >= 0.3 is 11.6 Å². The second-order valence-corrected chi connectivity index (χ2v) is 9.20.